The number of piperidine rings is 1. The van der Waals surface area contributed by atoms with E-state index in [2.05, 4.69) is 43.2 Å². The highest BCUT2D eigenvalue weighted by atomic mass is 16.4. The number of likely N-dealkylation sites (tertiary alicyclic amines) is 2. The second-order valence-electron chi connectivity index (χ2n) is 16.7. The first-order valence-electron chi connectivity index (χ1n) is 17.5. The van der Waals surface area contributed by atoms with Crippen LogP contribution in [-0.4, -0.2) is 81.9 Å². The summed E-state index contributed by atoms with van der Waals surface area (Å²) in [6, 6.07) is -2.56. The zero-order valence-corrected chi connectivity index (χ0v) is 28.3. The van der Waals surface area contributed by atoms with Crippen LogP contribution < -0.4 is 10.6 Å². The average Bonchev–Trinajstić information content (AvgIpc) is 3.18. The van der Waals surface area contributed by atoms with Crippen molar-refractivity contribution in [1.29, 1.82) is 0 Å². The van der Waals surface area contributed by atoms with E-state index in [-0.39, 0.29) is 52.0 Å². The summed E-state index contributed by atoms with van der Waals surface area (Å²) in [6.07, 6.45) is 11.5. The molecule has 3 amide bonds. The average molecular weight is 615 g/mol. The van der Waals surface area contributed by atoms with Crippen LogP contribution in [0.1, 0.15) is 126 Å². The molecule has 44 heavy (non-hydrogen) atoms. The van der Waals surface area contributed by atoms with Crippen LogP contribution >= 0.6 is 0 Å². The number of carbonyl (C=O) groups is 4. The van der Waals surface area contributed by atoms with E-state index < -0.39 is 29.5 Å². The van der Waals surface area contributed by atoms with E-state index in [0.29, 0.717) is 13.0 Å². The lowest BCUT2D eigenvalue weighted by atomic mass is 9.73. The number of aliphatic carboxylic acids is 1. The second-order valence-corrected chi connectivity index (χ2v) is 16.7. The number of rotatable bonds is 8. The molecule has 5 aliphatic rings. The Kier molecular flexibility index (Phi) is 8.97. The Labute approximate surface area is 264 Å². The second kappa shape index (κ2) is 11.9. The molecule has 9 nitrogen and oxygen atoms in total. The third-order valence-corrected chi connectivity index (χ3v) is 13.0. The highest BCUT2D eigenvalue weighted by molar-refractivity contribution is 5.95. The topological polar surface area (TPSA) is 119 Å². The molecule has 5 fully saturated rings. The molecule has 3 saturated carbocycles. The van der Waals surface area contributed by atoms with Gasteiger partial charge >= 0.3 is 5.97 Å². The van der Waals surface area contributed by atoms with E-state index >= 15 is 0 Å². The zero-order chi connectivity index (χ0) is 32.2. The van der Waals surface area contributed by atoms with Gasteiger partial charge in [0.1, 0.15) is 18.1 Å². The summed E-state index contributed by atoms with van der Waals surface area (Å²) in [5.41, 5.74) is -0.745. The quantitative estimate of drug-likeness (QED) is 0.364. The fraction of sp³-hybridized carbons (Fsp3) is 0.886. The van der Waals surface area contributed by atoms with Crippen LogP contribution in [0, 0.1) is 27.6 Å². The molecule has 248 valence electrons. The molecule has 3 N–H and O–H groups in total. The number of carbonyl (C=O) groups excluding carboxylic acids is 3. The summed E-state index contributed by atoms with van der Waals surface area (Å²) in [4.78, 5) is 58.8. The molecule has 0 aromatic rings. The molecular weight excluding hydrogens is 556 g/mol. The van der Waals surface area contributed by atoms with Crippen molar-refractivity contribution >= 4 is 23.7 Å². The van der Waals surface area contributed by atoms with E-state index in [1.165, 1.54) is 0 Å². The van der Waals surface area contributed by atoms with E-state index in [0.717, 1.165) is 77.2 Å². The van der Waals surface area contributed by atoms with Crippen molar-refractivity contribution in [3.8, 4) is 0 Å². The van der Waals surface area contributed by atoms with Gasteiger partial charge in [-0.05, 0) is 87.5 Å². The van der Waals surface area contributed by atoms with Crippen LogP contribution in [0.3, 0.4) is 0 Å². The van der Waals surface area contributed by atoms with E-state index in [4.69, 9.17) is 0 Å². The molecule has 2 aliphatic heterocycles. The molecule has 0 aromatic carbocycles. The van der Waals surface area contributed by atoms with Gasteiger partial charge in [0.15, 0.2) is 0 Å². The number of hydrogen-bond acceptors (Lipinski definition) is 5. The smallest absolute Gasteiger partial charge is 0.326 e. The predicted molar refractivity (Wildman–Crippen MR) is 170 cm³/mol. The lowest BCUT2D eigenvalue weighted by molar-refractivity contribution is -0.151. The van der Waals surface area contributed by atoms with Crippen LogP contribution in [0.2, 0.25) is 0 Å². The van der Waals surface area contributed by atoms with Gasteiger partial charge in [-0.3, -0.25) is 19.3 Å². The number of nitrogens with one attached hydrogen (secondary N) is 2. The van der Waals surface area contributed by atoms with Crippen molar-refractivity contribution in [1.82, 2.24) is 20.4 Å². The van der Waals surface area contributed by atoms with Gasteiger partial charge in [0.2, 0.25) is 17.7 Å². The van der Waals surface area contributed by atoms with Crippen molar-refractivity contribution < 1.29 is 24.3 Å². The zero-order valence-electron chi connectivity index (χ0n) is 28.3. The summed E-state index contributed by atoms with van der Waals surface area (Å²) < 4.78 is 0. The lowest BCUT2D eigenvalue weighted by Crippen LogP contribution is -2.62. The minimum Gasteiger partial charge on any atom is -0.480 e. The lowest BCUT2D eigenvalue weighted by Gasteiger charge is -2.40. The Balaban J connectivity index is 1.37. The van der Waals surface area contributed by atoms with Gasteiger partial charge in [0, 0.05) is 18.0 Å². The van der Waals surface area contributed by atoms with Crippen LogP contribution in [0.25, 0.3) is 0 Å². The fourth-order valence-electron chi connectivity index (χ4n) is 10.1. The van der Waals surface area contributed by atoms with Gasteiger partial charge in [-0.2, -0.15) is 0 Å². The van der Waals surface area contributed by atoms with E-state index in [1.54, 1.807) is 4.90 Å². The van der Waals surface area contributed by atoms with Gasteiger partial charge in [0.05, 0.1) is 6.04 Å². The summed E-state index contributed by atoms with van der Waals surface area (Å²) >= 11 is 0. The van der Waals surface area contributed by atoms with Gasteiger partial charge < -0.3 is 20.6 Å². The molecule has 0 bridgehead atoms. The third kappa shape index (κ3) is 5.37. The molecule has 5 unspecified atom stereocenters. The maximum atomic E-state index is 14.4. The Morgan fingerprint density at radius 3 is 2.00 bits per heavy atom. The van der Waals surface area contributed by atoms with Crippen molar-refractivity contribution in [2.24, 2.45) is 27.6 Å². The molecular formula is C35H58N4O5. The molecule has 0 radical (unpaired) electrons. The monoisotopic (exact) mass is 614 g/mol. The Morgan fingerprint density at radius 2 is 1.48 bits per heavy atom. The van der Waals surface area contributed by atoms with Gasteiger partial charge in [-0.1, -0.05) is 66.7 Å². The fourth-order valence-corrected chi connectivity index (χ4v) is 10.1. The molecule has 2 spiro atoms. The highest BCUT2D eigenvalue weighted by Crippen LogP contribution is 2.88. The van der Waals surface area contributed by atoms with Crippen LogP contribution in [-0.2, 0) is 19.2 Å². The predicted octanol–water partition coefficient (Wildman–Crippen LogP) is 4.73. The summed E-state index contributed by atoms with van der Waals surface area (Å²) in [6.45, 7) is 15.8. The number of carboxylic acids is 1. The number of amides is 3. The van der Waals surface area contributed by atoms with Gasteiger partial charge in [-0.15, -0.1) is 0 Å². The highest BCUT2D eigenvalue weighted by Gasteiger charge is 2.85. The molecule has 3 aliphatic carbocycles. The molecule has 2 saturated heterocycles. The third-order valence-electron chi connectivity index (χ3n) is 13.0. The van der Waals surface area contributed by atoms with Gasteiger partial charge in [-0.25, -0.2) is 4.79 Å². The standard InChI is InChI=1S/C35H58N4O5/c1-22(2)38-19-12-11-16-24(38)28(40)36-26(23-14-9-8-10-15-23)29(41)37-27(32(3,4)5)30(42)39-21-35(20-25(39)31(43)44)33(6,7)34(35)17-13-18-34/h22-27H,8-21H2,1-7H3,(H,36,40)(H,37,41)(H,43,44). The normalized spacial score (nSPS) is 31.4. The maximum absolute atomic E-state index is 14.4. The number of hydrogen-bond donors (Lipinski definition) is 3. The first kappa shape index (κ1) is 33.2. The van der Waals surface area contributed by atoms with E-state index in [1.807, 2.05) is 20.8 Å². The Hall–Kier alpha value is -2.16. The van der Waals surface area contributed by atoms with Crippen LogP contribution in [0.15, 0.2) is 0 Å². The first-order chi connectivity index (χ1) is 20.6. The SMILES string of the molecule is CC(C)N1CCCCC1C(=O)NC(C(=O)NC(C(=O)N1CC2(CC1C(=O)O)C(C)(C)C21CCC1)C(C)(C)C)C1CCCCC1. The summed E-state index contributed by atoms with van der Waals surface area (Å²) in [5.74, 6) is -1.71. The molecule has 0 aromatic heterocycles. The van der Waals surface area contributed by atoms with Gasteiger partial charge in [0.25, 0.3) is 0 Å². The molecule has 9 heteroatoms. The Bertz CT molecular complexity index is 1130. The van der Waals surface area contributed by atoms with Crippen molar-refractivity contribution in [3.05, 3.63) is 0 Å². The summed E-state index contributed by atoms with van der Waals surface area (Å²) in [5, 5.41) is 16.6. The van der Waals surface area contributed by atoms with Crippen molar-refractivity contribution in [2.75, 3.05) is 13.1 Å². The Morgan fingerprint density at radius 1 is 0.841 bits per heavy atom. The molecule has 5 atom stereocenters. The van der Waals surface area contributed by atoms with Crippen molar-refractivity contribution in [3.63, 3.8) is 0 Å². The number of fused-ring (bicyclic) bond motifs is 1. The number of nitrogens with zero attached hydrogens (tertiary/aromatic N) is 2. The first-order valence-corrected chi connectivity index (χ1v) is 17.5. The minimum atomic E-state index is -0.971. The maximum Gasteiger partial charge on any atom is 0.326 e. The number of carboxylic acid groups (broad SMARTS) is 1. The van der Waals surface area contributed by atoms with Crippen LogP contribution in [0.4, 0.5) is 0 Å². The van der Waals surface area contributed by atoms with E-state index in [9.17, 15) is 24.3 Å². The largest absolute Gasteiger partial charge is 0.480 e. The molecule has 5 rings (SSSR count). The molecule has 2 heterocycles. The minimum absolute atomic E-state index is 0.00655. The van der Waals surface area contributed by atoms with Crippen LogP contribution in [0.5, 0.6) is 0 Å². The summed E-state index contributed by atoms with van der Waals surface area (Å²) in [7, 11) is 0. The van der Waals surface area contributed by atoms with Crippen molar-refractivity contribution in [2.45, 2.75) is 156 Å².